The highest BCUT2D eigenvalue weighted by atomic mass is 15.4. The number of benzene rings is 1. The van der Waals surface area contributed by atoms with Crippen molar-refractivity contribution in [2.75, 3.05) is 7.05 Å². The number of hydrogen-bond acceptors (Lipinski definition) is 3. The Morgan fingerprint density at radius 3 is 2.50 bits per heavy atom. The molecule has 2 aromatic rings. The largest absolute Gasteiger partial charge is 0.311 e. The van der Waals surface area contributed by atoms with Gasteiger partial charge in [-0.15, -0.1) is 5.10 Å². The van der Waals surface area contributed by atoms with E-state index in [0.29, 0.717) is 0 Å². The molecule has 0 bridgehead atoms. The summed E-state index contributed by atoms with van der Waals surface area (Å²) < 4.78 is 2.00. The molecule has 4 nitrogen and oxygen atoms in total. The lowest BCUT2D eigenvalue weighted by Crippen LogP contribution is -2.22. The van der Waals surface area contributed by atoms with E-state index in [9.17, 15) is 0 Å². The molecule has 1 unspecified atom stereocenters. The molecule has 0 fully saturated rings. The predicted octanol–water partition coefficient (Wildman–Crippen LogP) is 2.81. The van der Waals surface area contributed by atoms with Gasteiger partial charge in [-0.2, -0.15) is 0 Å². The Labute approximate surface area is 121 Å². The first-order valence-electron chi connectivity index (χ1n) is 7.27. The molecule has 1 atom stereocenters. The standard InChI is InChI=1S/C16H24N4/c1-5-6-20-16(11-18-19-20)15(17-4)10-14-8-12(2)7-13(3)9-14/h7-9,11,15,17H,5-6,10H2,1-4H3. The molecule has 0 aliphatic carbocycles. The first kappa shape index (κ1) is 14.7. The van der Waals surface area contributed by atoms with Gasteiger partial charge in [-0.3, -0.25) is 0 Å². The maximum atomic E-state index is 4.18. The van der Waals surface area contributed by atoms with Gasteiger partial charge in [0.2, 0.25) is 0 Å². The lowest BCUT2D eigenvalue weighted by Gasteiger charge is -2.17. The van der Waals surface area contributed by atoms with Crippen molar-refractivity contribution < 1.29 is 0 Å². The molecule has 1 aromatic heterocycles. The summed E-state index contributed by atoms with van der Waals surface area (Å²) >= 11 is 0. The molecule has 108 valence electrons. The second-order valence-corrected chi connectivity index (χ2v) is 5.42. The number of rotatable bonds is 6. The average molecular weight is 272 g/mol. The molecular formula is C16H24N4. The first-order chi connectivity index (χ1) is 9.63. The van der Waals surface area contributed by atoms with E-state index in [1.165, 1.54) is 16.7 Å². The van der Waals surface area contributed by atoms with Crippen molar-refractivity contribution in [1.29, 1.82) is 0 Å². The maximum absolute atomic E-state index is 4.18. The zero-order chi connectivity index (χ0) is 14.5. The molecule has 0 amide bonds. The molecule has 0 aliphatic rings. The summed E-state index contributed by atoms with van der Waals surface area (Å²) in [6.07, 6.45) is 3.89. The van der Waals surface area contributed by atoms with E-state index in [1.807, 2.05) is 17.9 Å². The molecule has 1 aromatic carbocycles. The van der Waals surface area contributed by atoms with Crippen LogP contribution in [0.15, 0.2) is 24.4 Å². The van der Waals surface area contributed by atoms with Gasteiger partial charge in [0.25, 0.3) is 0 Å². The van der Waals surface area contributed by atoms with E-state index in [4.69, 9.17) is 0 Å². The van der Waals surface area contributed by atoms with Crippen LogP contribution in [-0.2, 0) is 13.0 Å². The second kappa shape index (κ2) is 6.66. The molecule has 0 aliphatic heterocycles. The lowest BCUT2D eigenvalue weighted by molar-refractivity contribution is 0.490. The monoisotopic (exact) mass is 272 g/mol. The van der Waals surface area contributed by atoms with E-state index in [1.54, 1.807) is 0 Å². The van der Waals surface area contributed by atoms with Crippen LogP contribution in [-0.4, -0.2) is 22.0 Å². The van der Waals surface area contributed by atoms with Gasteiger partial charge in [0.1, 0.15) is 0 Å². The highest BCUT2D eigenvalue weighted by molar-refractivity contribution is 5.29. The Bertz CT molecular complexity index is 539. The van der Waals surface area contributed by atoms with Crippen molar-refractivity contribution >= 4 is 0 Å². The summed E-state index contributed by atoms with van der Waals surface area (Å²) in [6, 6.07) is 6.97. The maximum Gasteiger partial charge on any atom is 0.0759 e. The smallest absolute Gasteiger partial charge is 0.0759 e. The quantitative estimate of drug-likeness (QED) is 0.879. The third-order valence-electron chi connectivity index (χ3n) is 3.51. The number of hydrogen-bond donors (Lipinski definition) is 1. The van der Waals surface area contributed by atoms with Crippen molar-refractivity contribution in [3.05, 3.63) is 46.8 Å². The van der Waals surface area contributed by atoms with Crippen molar-refractivity contribution in [2.24, 2.45) is 0 Å². The summed E-state index contributed by atoms with van der Waals surface area (Å²) in [5.74, 6) is 0. The van der Waals surface area contributed by atoms with Crippen molar-refractivity contribution in [2.45, 2.75) is 46.2 Å². The highest BCUT2D eigenvalue weighted by Crippen LogP contribution is 2.19. The van der Waals surface area contributed by atoms with Crippen LogP contribution >= 0.6 is 0 Å². The minimum absolute atomic E-state index is 0.248. The van der Waals surface area contributed by atoms with Crippen LogP contribution in [0.4, 0.5) is 0 Å². The van der Waals surface area contributed by atoms with E-state index >= 15 is 0 Å². The molecule has 20 heavy (non-hydrogen) atoms. The van der Waals surface area contributed by atoms with E-state index in [-0.39, 0.29) is 6.04 Å². The summed E-state index contributed by atoms with van der Waals surface area (Å²) in [7, 11) is 2.00. The minimum atomic E-state index is 0.248. The number of nitrogens with zero attached hydrogens (tertiary/aromatic N) is 3. The van der Waals surface area contributed by atoms with Gasteiger partial charge in [0.15, 0.2) is 0 Å². The van der Waals surface area contributed by atoms with Crippen LogP contribution < -0.4 is 5.32 Å². The van der Waals surface area contributed by atoms with Gasteiger partial charge in [0.05, 0.1) is 17.9 Å². The number of likely N-dealkylation sites (N-methyl/N-ethyl adjacent to an activating group) is 1. The molecule has 0 spiro atoms. The minimum Gasteiger partial charge on any atom is -0.311 e. The molecule has 1 N–H and O–H groups in total. The highest BCUT2D eigenvalue weighted by Gasteiger charge is 2.16. The van der Waals surface area contributed by atoms with E-state index in [0.717, 1.165) is 25.1 Å². The van der Waals surface area contributed by atoms with Gasteiger partial charge >= 0.3 is 0 Å². The fourth-order valence-corrected chi connectivity index (χ4v) is 2.70. The van der Waals surface area contributed by atoms with Crippen LogP contribution in [0.3, 0.4) is 0 Å². The number of aromatic nitrogens is 3. The summed E-state index contributed by atoms with van der Waals surface area (Å²) in [5.41, 5.74) is 5.14. The summed E-state index contributed by atoms with van der Waals surface area (Å²) in [5, 5.41) is 11.6. The zero-order valence-corrected chi connectivity index (χ0v) is 12.8. The Balaban J connectivity index is 2.21. The molecule has 4 heteroatoms. The lowest BCUT2D eigenvalue weighted by atomic mass is 9.99. The third kappa shape index (κ3) is 3.45. The first-order valence-corrected chi connectivity index (χ1v) is 7.27. The Morgan fingerprint density at radius 2 is 1.90 bits per heavy atom. The Hall–Kier alpha value is -1.68. The molecule has 0 saturated carbocycles. The topological polar surface area (TPSA) is 42.7 Å². The van der Waals surface area contributed by atoms with Gasteiger partial charge in [0, 0.05) is 6.54 Å². The SMILES string of the molecule is CCCn1nncc1C(Cc1cc(C)cc(C)c1)NC. The molecule has 2 rings (SSSR count). The van der Waals surface area contributed by atoms with Crippen LogP contribution in [0.1, 0.15) is 41.8 Å². The van der Waals surface area contributed by atoms with Gasteiger partial charge < -0.3 is 5.32 Å². The molecule has 0 saturated heterocycles. The van der Waals surface area contributed by atoms with Gasteiger partial charge in [-0.05, 0) is 39.3 Å². The van der Waals surface area contributed by atoms with Crippen LogP contribution in [0, 0.1) is 13.8 Å². The number of nitrogens with one attached hydrogen (secondary N) is 1. The summed E-state index contributed by atoms with van der Waals surface area (Å²) in [4.78, 5) is 0. The molecule has 0 radical (unpaired) electrons. The zero-order valence-electron chi connectivity index (χ0n) is 12.8. The second-order valence-electron chi connectivity index (χ2n) is 5.42. The third-order valence-corrected chi connectivity index (χ3v) is 3.51. The van der Waals surface area contributed by atoms with E-state index in [2.05, 4.69) is 54.6 Å². The van der Waals surface area contributed by atoms with Crippen molar-refractivity contribution in [3.8, 4) is 0 Å². The van der Waals surface area contributed by atoms with E-state index < -0.39 is 0 Å². The fourth-order valence-electron chi connectivity index (χ4n) is 2.70. The van der Waals surface area contributed by atoms with Crippen molar-refractivity contribution in [1.82, 2.24) is 20.3 Å². The molecular weight excluding hydrogens is 248 g/mol. The Kier molecular flexibility index (Phi) is 4.90. The fraction of sp³-hybridized carbons (Fsp3) is 0.500. The number of aryl methyl sites for hydroxylation is 3. The normalized spacial score (nSPS) is 12.6. The predicted molar refractivity (Wildman–Crippen MR) is 81.7 cm³/mol. The average Bonchev–Trinajstić information content (AvgIpc) is 2.83. The van der Waals surface area contributed by atoms with Gasteiger partial charge in [-0.25, -0.2) is 4.68 Å². The summed E-state index contributed by atoms with van der Waals surface area (Å²) in [6.45, 7) is 7.37. The van der Waals surface area contributed by atoms with Gasteiger partial charge in [-0.1, -0.05) is 41.5 Å². The molecule has 1 heterocycles. The van der Waals surface area contributed by atoms with Crippen molar-refractivity contribution in [3.63, 3.8) is 0 Å². The van der Waals surface area contributed by atoms with Crippen LogP contribution in [0.2, 0.25) is 0 Å². The van der Waals surface area contributed by atoms with Crippen LogP contribution in [0.25, 0.3) is 0 Å². The van der Waals surface area contributed by atoms with Crippen LogP contribution in [0.5, 0.6) is 0 Å². The Morgan fingerprint density at radius 1 is 1.20 bits per heavy atom.